The molecule has 0 aliphatic heterocycles. The van der Waals surface area contributed by atoms with E-state index in [9.17, 15) is 4.79 Å². The Morgan fingerprint density at radius 2 is 1.92 bits per heavy atom. The van der Waals surface area contributed by atoms with E-state index < -0.39 is 5.97 Å². The first-order valence-electron chi connectivity index (χ1n) is 7.63. The number of rotatable bonds is 8. The zero-order valence-electron chi connectivity index (χ0n) is 13.9. The second kappa shape index (κ2) is 9.55. The molecule has 4 nitrogen and oxygen atoms in total. The molecule has 0 bridgehead atoms. The van der Waals surface area contributed by atoms with Gasteiger partial charge in [-0.3, -0.25) is 0 Å². The quantitative estimate of drug-likeness (QED) is 0.391. The van der Waals surface area contributed by atoms with E-state index in [2.05, 4.69) is 6.58 Å². The molecular weight excluding hydrogens is 340 g/mol. The van der Waals surface area contributed by atoms with E-state index in [0.29, 0.717) is 23.1 Å². The minimum absolute atomic E-state index is 0.182. The summed E-state index contributed by atoms with van der Waals surface area (Å²) in [6, 6.07) is 12.8. The molecule has 2 rings (SSSR count). The fourth-order valence-electron chi connectivity index (χ4n) is 2.00. The van der Waals surface area contributed by atoms with Gasteiger partial charge >= 0.3 is 5.97 Å². The number of halogens is 1. The normalized spacial score (nSPS) is 10.5. The number of ether oxygens (including phenoxy) is 3. The molecule has 25 heavy (non-hydrogen) atoms. The van der Waals surface area contributed by atoms with Gasteiger partial charge in [0.15, 0.2) is 11.5 Å². The molecule has 130 valence electrons. The Hall–Kier alpha value is -2.72. The van der Waals surface area contributed by atoms with Crippen LogP contribution in [0.2, 0.25) is 5.02 Å². The number of carbonyl (C=O) groups is 1. The Morgan fingerprint density at radius 3 is 2.60 bits per heavy atom. The van der Waals surface area contributed by atoms with Gasteiger partial charge in [0.25, 0.3) is 0 Å². The number of hydrogen-bond donors (Lipinski definition) is 0. The van der Waals surface area contributed by atoms with Crippen molar-refractivity contribution < 1.29 is 19.0 Å². The van der Waals surface area contributed by atoms with E-state index in [4.69, 9.17) is 25.8 Å². The Kier molecular flexibility index (Phi) is 7.11. The van der Waals surface area contributed by atoms with Crippen molar-refractivity contribution in [3.8, 4) is 11.5 Å². The summed E-state index contributed by atoms with van der Waals surface area (Å²) in [6.07, 6.45) is 4.52. The molecule has 0 unspecified atom stereocenters. The maximum atomic E-state index is 11.5. The molecule has 0 saturated heterocycles. The van der Waals surface area contributed by atoms with Gasteiger partial charge in [0.1, 0.15) is 13.2 Å². The van der Waals surface area contributed by atoms with Gasteiger partial charge in [-0.25, -0.2) is 4.79 Å². The standard InChI is InChI=1S/C20H19ClO4/c1-3-12-24-20(22)11-7-15-6-10-18(23-2)19(13-15)25-14-16-4-8-17(21)9-5-16/h3-11,13H,1,12,14H2,2H3/b11-7+. The molecule has 0 saturated carbocycles. The summed E-state index contributed by atoms with van der Waals surface area (Å²) >= 11 is 5.88. The van der Waals surface area contributed by atoms with Crippen LogP contribution in [-0.2, 0) is 16.1 Å². The van der Waals surface area contributed by atoms with Gasteiger partial charge < -0.3 is 14.2 Å². The number of esters is 1. The molecule has 0 aliphatic rings. The van der Waals surface area contributed by atoms with Crippen molar-refractivity contribution >= 4 is 23.6 Å². The van der Waals surface area contributed by atoms with Crippen LogP contribution in [0, 0.1) is 0 Å². The number of hydrogen-bond acceptors (Lipinski definition) is 4. The van der Waals surface area contributed by atoms with Gasteiger partial charge in [-0.1, -0.05) is 42.5 Å². The lowest BCUT2D eigenvalue weighted by Gasteiger charge is -2.11. The van der Waals surface area contributed by atoms with Crippen LogP contribution in [0.5, 0.6) is 11.5 Å². The molecular formula is C20H19ClO4. The topological polar surface area (TPSA) is 44.8 Å². The minimum Gasteiger partial charge on any atom is -0.493 e. The molecule has 0 N–H and O–H groups in total. The van der Waals surface area contributed by atoms with Crippen molar-refractivity contribution in [1.82, 2.24) is 0 Å². The summed E-state index contributed by atoms with van der Waals surface area (Å²) in [5, 5.41) is 0.678. The highest BCUT2D eigenvalue weighted by Crippen LogP contribution is 2.29. The summed E-state index contributed by atoms with van der Waals surface area (Å²) in [5.41, 5.74) is 1.78. The lowest BCUT2D eigenvalue weighted by molar-refractivity contribution is -0.136. The molecule has 0 aliphatic carbocycles. The molecule has 0 spiro atoms. The van der Waals surface area contributed by atoms with Crippen LogP contribution in [0.25, 0.3) is 6.08 Å². The van der Waals surface area contributed by atoms with E-state index in [0.717, 1.165) is 11.1 Å². The van der Waals surface area contributed by atoms with Crippen molar-refractivity contribution in [3.05, 3.63) is 77.3 Å². The number of methoxy groups -OCH3 is 1. The molecule has 0 heterocycles. The van der Waals surface area contributed by atoms with Crippen LogP contribution in [-0.4, -0.2) is 19.7 Å². The highest BCUT2D eigenvalue weighted by molar-refractivity contribution is 6.30. The zero-order chi connectivity index (χ0) is 18.1. The fraction of sp³-hybridized carbons (Fsp3) is 0.150. The Morgan fingerprint density at radius 1 is 1.16 bits per heavy atom. The summed E-state index contributed by atoms with van der Waals surface area (Å²) in [7, 11) is 1.58. The Balaban J connectivity index is 2.08. The molecule has 0 amide bonds. The molecule has 2 aromatic carbocycles. The van der Waals surface area contributed by atoms with E-state index >= 15 is 0 Å². The van der Waals surface area contributed by atoms with Crippen molar-refractivity contribution in [1.29, 1.82) is 0 Å². The summed E-state index contributed by atoms with van der Waals surface area (Å²) in [4.78, 5) is 11.5. The third-order valence-corrected chi connectivity index (χ3v) is 3.50. The number of benzene rings is 2. The average Bonchev–Trinajstić information content (AvgIpc) is 2.64. The Bertz CT molecular complexity index is 751. The van der Waals surface area contributed by atoms with E-state index in [1.54, 1.807) is 25.3 Å². The molecule has 2 aromatic rings. The first-order chi connectivity index (χ1) is 12.1. The highest BCUT2D eigenvalue weighted by Gasteiger charge is 2.06. The highest BCUT2D eigenvalue weighted by atomic mass is 35.5. The lowest BCUT2D eigenvalue weighted by atomic mass is 10.2. The van der Waals surface area contributed by atoms with Crippen LogP contribution in [0.15, 0.2) is 61.2 Å². The Labute approximate surface area is 152 Å². The van der Waals surface area contributed by atoms with Gasteiger partial charge in [0.05, 0.1) is 7.11 Å². The van der Waals surface area contributed by atoms with Crippen LogP contribution in [0.3, 0.4) is 0 Å². The fourth-order valence-corrected chi connectivity index (χ4v) is 2.13. The van der Waals surface area contributed by atoms with Crippen molar-refractivity contribution in [2.75, 3.05) is 13.7 Å². The van der Waals surface area contributed by atoms with Gasteiger partial charge in [-0.05, 0) is 41.5 Å². The SMILES string of the molecule is C=CCOC(=O)/C=C/c1ccc(OC)c(OCc2ccc(Cl)cc2)c1. The summed E-state index contributed by atoms with van der Waals surface area (Å²) in [6.45, 7) is 4.05. The lowest BCUT2D eigenvalue weighted by Crippen LogP contribution is -2.00. The summed E-state index contributed by atoms with van der Waals surface area (Å²) in [5.74, 6) is 0.763. The van der Waals surface area contributed by atoms with E-state index in [-0.39, 0.29) is 6.61 Å². The first-order valence-corrected chi connectivity index (χ1v) is 8.01. The van der Waals surface area contributed by atoms with Gasteiger partial charge in [-0.2, -0.15) is 0 Å². The third-order valence-electron chi connectivity index (χ3n) is 3.25. The van der Waals surface area contributed by atoms with E-state index in [1.165, 1.54) is 12.2 Å². The average molecular weight is 359 g/mol. The van der Waals surface area contributed by atoms with Crippen LogP contribution in [0.4, 0.5) is 0 Å². The number of carbonyl (C=O) groups excluding carboxylic acids is 1. The van der Waals surface area contributed by atoms with Crippen molar-refractivity contribution in [2.45, 2.75) is 6.61 Å². The maximum Gasteiger partial charge on any atom is 0.331 e. The van der Waals surface area contributed by atoms with Crippen LogP contribution in [0.1, 0.15) is 11.1 Å². The largest absolute Gasteiger partial charge is 0.493 e. The molecule has 0 fully saturated rings. The van der Waals surface area contributed by atoms with E-state index in [1.807, 2.05) is 30.3 Å². The maximum absolute atomic E-state index is 11.5. The van der Waals surface area contributed by atoms with Gasteiger partial charge in [0.2, 0.25) is 0 Å². The summed E-state index contributed by atoms with van der Waals surface area (Å²) < 4.78 is 16.0. The molecule has 0 aromatic heterocycles. The van der Waals surface area contributed by atoms with Crippen molar-refractivity contribution in [2.24, 2.45) is 0 Å². The predicted octanol–water partition coefficient (Wildman–Crippen LogP) is 4.67. The monoisotopic (exact) mass is 358 g/mol. The second-order valence-electron chi connectivity index (χ2n) is 5.08. The zero-order valence-corrected chi connectivity index (χ0v) is 14.7. The molecule has 0 atom stereocenters. The van der Waals surface area contributed by atoms with Crippen LogP contribution < -0.4 is 9.47 Å². The minimum atomic E-state index is -0.431. The molecule has 5 heteroatoms. The third kappa shape index (κ3) is 6.01. The second-order valence-corrected chi connectivity index (χ2v) is 5.51. The first kappa shape index (κ1) is 18.6. The van der Waals surface area contributed by atoms with Gasteiger partial charge in [-0.15, -0.1) is 0 Å². The predicted molar refractivity (Wildman–Crippen MR) is 99.0 cm³/mol. The van der Waals surface area contributed by atoms with Gasteiger partial charge in [0, 0.05) is 11.1 Å². The smallest absolute Gasteiger partial charge is 0.331 e. The van der Waals surface area contributed by atoms with Crippen LogP contribution >= 0.6 is 11.6 Å². The van der Waals surface area contributed by atoms with Crippen molar-refractivity contribution in [3.63, 3.8) is 0 Å². The molecule has 0 radical (unpaired) electrons.